The molecule has 18 heteroatoms. The van der Waals surface area contributed by atoms with Crippen molar-refractivity contribution in [3.05, 3.63) is 97.2 Å². The number of carbonyl (C=O) groups excluding carboxylic acids is 3. The van der Waals surface area contributed by atoms with Crippen LogP contribution in [-0.4, -0.2) is 95.9 Å². The third kappa shape index (κ3) is 61.9. The van der Waals surface area contributed by atoms with Gasteiger partial charge < -0.3 is 34.2 Å². The number of carbonyl (C=O) groups is 3. The van der Waals surface area contributed by atoms with Crippen molar-refractivity contribution in [2.75, 3.05) is 39.6 Å². The van der Waals surface area contributed by atoms with E-state index in [0.717, 1.165) is 148 Å². The molecule has 85 heavy (non-hydrogen) atoms. The minimum Gasteiger partial charge on any atom is -0.463 e. The molecule has 0 saturated heterocycles. The molecule has 0 aromatic carbocycles. The van der Waals surface area contributed by atoms with Gasteiger partial charge in [-0.05, 0) is 122 Å². The smallest absolute Gasteiger partial charge is 0.463 e. The van der Waals surface area contributed by atoms with Crippen LogP contribution >= 0.6 is 15.6 Å². The molecule has 0 bridgehead atoms. The Bertz CT molecular complexity index is 1940. The summed E-state index contributed by atoms with van der Waals surface area (Å²) in [5, 5.41) is 20.5. The monoisotopic (exact) mass is 1240 g/mol. The van der Waals surface area contributed by atoms with Gasteiger partial charge in [0, 0.05) is 19.3 Å². The number of phosphoric acid groups is 2. The molecule has 0 amide bonds. The first kappa shape index (κ1) is 81.5. The molecule has 5 unspecified atom stereocenters. The van der Waals surface area contributed by atoms with E-state index < -0.39 is 91.5 Å². The summed E-state index contributed by atoms with van der Waals surface area (Å²) in [6.45, 7) is 2.45. The van der Waals surface area contributed by atoms with Crippen LogP contribution in [0.1, 0.15) is 252 Å². The number of allylic oxidation sites excluding steroid dienone is 16. The minimum absolute atomic E-state index is 0.0907. The van der Waals surface area contributed by atoms with Crippen LogP contribution in [0, 0.1) is 0 Å². The maximum atomic E-state index is 12.9. The third-order valence-electron chi connectivity index (χ3n) is 13.3. The van der Waals surface area contributed by atoms with Gasteiger partial charge in [0.05, 0.1) is 26.4 Å². The Morgan fingerprint density at radius 3 is 1.02 bits per heavy atom. The lowest BCUT2D eigenvalue weighted by Crippen LogP contribution is -2.30. The fourth-order valence-corrected chi connectivity index (χ4v) is 9.85. The van der Waals surface area contributed by atoms with Crippen LogP contribution in [0.5, 0.6) is 0 Å². The van der Waals surface area contributed by atoms with Crippen LogP contribution in [0.15, 0.2) is 97.2 Å². The number of ether oxygens (including phenoxy) is 3. The van der Waals surface area contributed by atoms with E-state index in [2.05, 4.69) is 118 Å². The minimum atomic E-state index is -4.92. The quantitative estimate of drug-likeness (QED) is 0.0146. The normalized spacial score (nSPS) is 15.0. The summed E-state index contributed by atoms with van der Waals surface area (Å²) in [5.74, 6) is -1.62. The van der Waals surface area contributed by atoms with Crippen molar-refractivity contribution in [1.82, 2.24) is 0 Å². The number of phosphoric ester groups is 2. The number of rotatable bonds is 61. The van der Waals surface area contributed by atoms with Gasteiger partial charge >= 0.3 is 33.6 Å². The molecule has 0 aromatic rings. The summed E-state index contributed by atoms with van der Waals surface area (Å²) >= 11 is 0. The molecule has 0 aromatic heterocycles. The summed E-state index contributed by atoms with van der Waals surface area (Å²) in [4.78, 5) is 58.2. The Balaban J connectivity index is 4.64. The molecule has 0 rings (SSSR count). The standard InChI is InChI=1S/C67H116O16P2/c1-4-7-10-13-16-19-22-25-27-28-29-30-31-32-34-37-38-41-44-47-50-53-65(70)77-56-62(68)57-79-84(73,74)80-58-63(69)59-81-85(75,76)82-61-64(83-67(72)55-52-49-46-43-40-35-24-21-18-15-12-9-6-3)60-78-66(71)54-51-48-45-42-39-36-33-26-23-20-17-14-11-8-5-2/h7,10,16-17,19-21,24-27,29-30,32-34,62-64,68-69H,4-6,8-9,11-15,18,22-23,28,31,35-61H2,1-3H3,(H,73,74)(H,75,76)/b10-7-,19-16-,20-17-,24-21-,27-25-,30-29-,33-26-,34-32-. The highest BCUT2D eigenvalue weighted by atomic mass is 31.2. The second kappa shape index (κ2) is 60.7. The van der Waals surface area contributed by atoms with Gasteiger partial charge in [-0.15, -0.1) is 0 Å². The van der Waals surface area contributed by atoms with Crippen molar-refractivity contribution in [2.45, 2.75) is 270 Å². The van der Waals surface area contributed by atoms with E-state index in [9.17, 15) is 43.5 Å². The highest BCUT2D eigenvalue weighted by molar-refractivity contribution is 7.47. The average Bonchev–Trinajstić information content (AvgIpc) is 3.51. The van der Waals surface area contributed by atoms with Gasteiger partial charge in [-0.2, -0.15) is 0 Å². The number of hydrogen-bond acceptors (Lipinski definition) is 14. The van der Waals surface area contributed by atoms with Crippen LogP contribution in [0.3, 0.4) is 0 Å². The van der Waals surface area contributed by atoms with Crippen molar-refractivity contribution < 1.29 is 75.8 Å². The number of aliphatic hydroxyl groups excluding tert-OH is 2. The first-order chi connectivity index (χ1) is 41.2. The maximum Gasteiger partial charge on any atom is 0.472 e. The average molecular weight is 1240 g/mol. The molecule has 0 saturated carbocycles. The Morgan fingerprint density at radius 1 is 0.341 bits per heavy atom. The Kier molecular flexibility index (Phi) is 58.2. The van der Waals surface area contributed by atoms with E-state index in [1.807, 2.05) is 0 Å². The first-order valence-corrected chi connectivity index (χ1v) is 35.5. The van der Waals surface area contributed by atoms with E-state index in [0.29, 0.717) is 19.3 Å². The highest BCUT2D eigenvalue weighted by Gasteiger charge is 2.29. The molecule has 5 atom stereocenters. The summed E-state index contributed by atoms with van der Waals surface area (Å²) in [7, 11) is -9.78. The largest absolute Gasteiger partial charge is 0.472 e. The Labute approximate surface area is 514 Å². The predicted molar refractivity (Wildman–Crippen MR) is 344 cm³/mol. The van der Waals surface area contributed by atoms with Gasteiger partial charge in [0.2, 0.25) is 0 Å². The fraction of sp³-hybridized carbons (Fsp3) is 0.716. The topological polar surface area (TPSA) is 231 Å². The van der Waals surface area contributed by atoms with Crippen LogP contribution in [0.25, 0.3) is 0 Å². The van der Waals surface area contributed by atoms with Crippen molar-refractivity contribution in [3.8, 4) is 0 Å². The van der Waals surface area contributed by atoms with E-state index in [-0.39, 0.29) is 19.3 Å². The first-order valence-electron chi connectivity index (χ1n) is 32.5. The van der Waals surface area contributed by atoms with Gasteiger partial charge in [-0.25, -0.2) is 9.13 Å². The number of hydrogen-bond donors (Lipinski definition) is 4. The zero-order chi connectivity index (χ0) is 62.4. The van der Waals surface area contributed by atoms with Crippen molar-refractivity contribution in [2.24, 2.45) is 0 Å². The lowest BCUT2D eigenvalue weighted by Gasteiger charge is -2.21. The summed E-state index contributed by atoms with van der Waals surface area (Å²) in [6.07, 6.45) is 64.6. The third-order valence-corrected chi connectivity index (χ3v) is 15.2. The number of esters is 3. The van der Waals surface area contributed by atoms with Crippen LogP contribution < -0.4 is 0 Å². The molecule has 0 fully saturated rings. The zero-order valence-electron chi connectivity index (χ0n) is 52.8. The summed E-state index contributed by atoms with van der Waals surface area (Å²) in [6, 6.07) is 0. The molecular weight excluding hydrogens is 1120 g/mol. The molecule has 0 aliphatic rings. The van der Waals surface area contributed by atoms with Crippen LogP contribution in [0.4, 0.5) is 0 Å². The van der Waals surface area contributed by atoms with Gasteiger partial charge in [0.25, 0.3) is 0 Å². The second-order valence-corrected chi connectivity index (χ2v) is 24.4. The number of unbranched alkanes of at least 4 members (excludes halogenated alkanes) is 22. The van der Waals surface area contributed by atoms with Gasteiger partial charge in [-0.1, -0.05) is 208 Å². The van der Waals surface area contributed by atoms with Crippen LogP contribution in [-0.2, 0) is 55.8 Å². The maximum absolute atomic E-state index is 12.9. The Morgan fingerprint density at radius 2 is 0.624 bits per heavy atom. The number of aliphatic hydroxyl groups is 2. The van der Waals surface area contributed by atoms with E-state index in [1.165, 1.54) is 44.9 Å². The lowest BCUT2D eigenvalue weighted by molar-refractivity contribution is -0.161. The van der Waals surface area contributed by atoms with Crippen molar-refractivity contribution in [3.63, 3.8) is 0 Å². The molecular formula is C67H116O16P2. The van der Waals surface area contributed by atoms with E-state index in [1.54, 1.807) is 0 Å². The molecule has 0 aliphatic heterocycles. The lowest BCUT2D eigenvalue weighted by atomic mass is 10.1. The molecule has 0 aliphatic carbocycles. The molecule has 490 valence electrons. The van der Waals surface area contributed by atoms with Crippen LogP contribution in [0.2, 0.25) is 0 Å². The Hall–Kier alpha value is -3.53. The van der Waals surface area contributed by atoms with Gasteiger partial charge in [0.1, 0.15) is 25.4 Å². The molecule has 0 radical (unpaired) electrons. The molecule has 4 N–H and O–H groups in total. The van der Waals surface area contributed by atoms with Gasteiger partial charge in [0.15, 0.2) is 6.10 Å². The fourth-order valence-electron chi connectivity index (χ4n) is 8.27. The predicted octanol–water partition coefficient (Wildman–Crippen LogP) is 17.5. The van der Waals surface area contributed by atoms with E-state index in [4.69, 9.17) is 32.3 Å². The van der Waals surface area contributed by atoms with Crippen molar-refractivity contribution in [1.29, 1.82) is 0 Å². The molecule has 0 spiro atoms. The van der Waals surface area contributed by atoms with Crippen molar-refractivity contribution >= 4 is 33.6 Å². The van der Waals surface area contributed by atoms with E-state index >= 15 is 0 Å². The zero-order valence-corrected chi connectivity index (χ0v) is 54.5. The SMILES string of the molecule is CC/C=C\C/C=C\C/C=C\C/C=C\C/C=C\CCCCCCCC(=O)OCC(O)COP(=O)(O)OCC(O)COP(=O)(O)OCC(COC(=O)CCCCCCC/C=C\C/C=C\CCCCC)OC(=O)CCCCCCC/C=C\CCCCCC. The summed E-state index contributed by atoms with van der Waals surface area (Å²) < 4.78 is 60.7. The highest BCUT2D eigenvalue weighted by Crippen LogP contribution is 2.45. The summed E-state index contributed by atoms with van der Waals surface area (Å²) in [5.41, 5.74) is 0. The second-order valence-electron chi connectivity index (χ2n) is 21.5. The van der Waals surface area contributed by atoms with Gasteiger partial charge in [-0.3, -0.25) is 32.5 Å². The molecule has 0 heterocycles. The molecule has 16 nitrogen and oxygen atoms in total.